The van der Waals surface area contributed by atoms with Crippen molar-refractivity contribution < 1.29 is 4.79 Å². The van der Waals surface area contributed by atoms with Gasteiger partial charge in [0, 0.05) is 24.5 Å². The summed E-state index contributed by atoms with van der Waals surface area (Å²) < 4.78 is 1.76. The number of fused-ring (bicyclic) bond motifs is 3. The van der Waals surface area contributed by atoms with E-state index in [1.807, 2.05) is 18.7 Å². The van der Waals surface area contributed by atoms with E-state index >= 15 is 0 Å². The van der Waals surface area contributed by atoms with Gasteiger partial charge in [-0.1, -0.05) is 11.8 Å². The molecule has 1 amide bonds. The lowest BCUT2D eigenvalue weighted by Crippen LogP contribution is -2.40. The van der Waals surface area contributed by atoms with Gasteiger partial charge in [0.05, 0.1) is 10.6 Å². The summed E-state index contributed by atoms with van der Waals surface area (Å²) in [5, 5.41) is 1.29. The van der Waals surface area contributed by atoms with E-state index in [0.717, 1.165) is 55.4 Å². The zero-order valence-electron chi connectivity index (χ0n) is 16.1. The summed E-state index contributed by atoms with van der Waals surface area (Å²) in [5.74, 6) is 0.169. The molecule has 1 aliphatic carbocycles. The molecule has 2 aliphatic rings. The van der Waals surface area contributed by atoms with Gasteiger partial charge in [-0.2, -0.15) is 0 Å². The molecule has 146 valence electrons. The number of rotatable bonds is 4. The van der Waals surface area contributed by atoms with E-state index in [1.165, 1.54) is 35.0 Å². The lowest BCUT2D eigenvalue weighted by atomic mass is 9.97. The van der Waals surface area contributed by atoms with Gasteiger partial charge in [-0.25, -0.2) is 4.98 Å². The summed E-state index contributed by atoms with van der Waals surface area (Å²) in [6.45, 7) is 6.22. The summed E-state index contributed by atoms with van der Waals surface area (Å²) in [6.07, 6.45) is 7.80. The van der Waals surface area contributed by atoms with Crippen LogP contribution in [0.2, 0.25) is 0 Å². The Bertz CT molecular complexity index is 912. The average molecular weight is 406 g/mol. The van der Waals surface area contributed by atoms with Crippen LogP contribution in [0.4, 0.5) is 0 Å². The van der Waals surface area contributed by atoms with E-state index < -0.39 is 0 Å². The Kier molecular flexibility index (Phi) is 5.60. The van der Waals surface area contributed by atoms with Crippen LogP contribution in [0.15, 0.2) is 9.95 Å². The number of carbonyl (C=O) groups is 1. The summed E-state index contributed by atoms with van der Waals surface area (Å²) in [6, 6.07) is 0. The van der Waals surface area contributed by atoms with Crippen molar-refractivity contribution in [1.82, 2.24) is 14.5 Å². The standard InChI is InChI=1S/C20H27N3O2S2/c1-3-23-19(25)16-14-9-5-6-10-15(14)27-17(16)21-20(23)26-13(2)18(24)22-11-7-4-8-12-22/h13H,3-12H2,1-2H3/t13-/m1/s1. The number of nitrogens with zero attached hydrogens (tertiary/aromatic N) is 3. The number of amides is 1. The first-order valence-electron chi connectivity index (χ1n) is 10.1. The van der Waals surface area contributed by atoms with Crippen LogP contribution in [0.25, 0.3) is 10.2 Å². The van der Waals surface area contributed by atoms with Crippen LogP contribution in [0.1, 0.15) is 56.4 Å². The number of thiophene rings is 1. The van der Waals surface area contributed by atoms with Gasteiger partial charge in [-0.05, 0) is 64.4 Å². The summed E-state index contributed by atoms with van der Waals surface area (Å²) in [4.78, 5) is 35.0. The molecule has 1 fully saturated rings. The monoisotopic (exact) mass is 405 g/mol. The van der Waals surface area contributed by atoms with Crippen molar-refractivity contribution in [3.63, 3.8) is 0 Å². The fraction of sp³-hybridized carbons (Fsp3) is 0.650. The fourth-order valence-corrected chi connectivity index (χ4v) is 6.53. The minimum Gasteiger partial charge on any atom is -0.342 e. The number of hydrogen-bond acceptors (Lipinski definition) is 5. The molecule has 7 heteroatoms. The van der Waals surface area contributed by atoms with Crippen LogP contribution in [0.5, 0.6) is 0 Å². The molecule has 0 aromatic carbocycles. The lowest BCUT2D eigenvalue weighted by Gasteiger charge is -2.29. The quantitative estimate of drug-likeness (QED) is 0.573. The highest BCUT2D eigenvalue weighted by Crippen LogP contribution is 2.35. The molecule has 3 heterocycles. The van der Waals surface area contributed by atoms with Gasteiger partial charge in [0.2, 0.25) is 5.91 Å². The van der Waals surface area contributed by atoms with Gasteiger partial charge >= 0.3 is 0 Å². The Morgan fingerprint density at radius 2 is 1.93 bits per heavy atom. The number of carbonyl (C=O) groups excluding carboxylic acids is 1. The molecular formula is C20H27N3O2S2. The predicted octanol–water partition coefficient (Wildman–Crippen LogP) is 3.85. The van der Waals surface area contributed by atoms with Gasteiger partial charge in [0.25, 0.3) is 5.56 Å². The Morgan fingerprint density at radius 1 is 1.19 bits per heavy atom. The zero-order chi connectivity index (χ0) is 19.0. The first kappa shape index (κ1) is 19.0. The van der Waals surface area contributed by atoms with Crippen LogP contribution in [0, 0.1) is 0 Å². The van der Waals surface area contributed by atoms with Gasteiger partial charge in [-0.3, -0.25) is 14.2 Å². The van der Waals surface area contributed by atoms with Crippen LogP contribution in [0.3, 0.4) is 0 Å². The summed E-state index contributed by atoms with van der Waals surface area (Å²) in [7, 11) is 0. The van der Waals surface area contributed by atoms with Gasteiger partial charge in [0.15, 0.2) is 5.16 Å². The van der Waals surface area contributed by atoms with E-state index in [4.69, 9.17) is 4.98 Å². The molecule has 1 aliphatic heterocycles. The summed E-state index contributed by atoms with van der Waals surface area (Å²) >= 11 is 3.12. The first-order chi connectivity index (χ1) is 13.1. The molecule has 0 spiro atoms. The Morgan fingerprint density at radius 3 is 2.67 bits per heavy atom. The molecule has 27 heavy (non-hydrogen) atoms. The molecule has 1 saturated heterocycles. The van der Waals surface area contributed by atoms with Crippen LogP contribution in [-0.2, 0) is 24.2 Å². The maximum atomic E-state index is 13.2. The Hall–Kier alpha value is -1.34. The van der Waals surface area contributed by atoms with Gasteiger partial charge in [-0.15, -0.1) is 11.3 Å². The number of aromatic nitrogens is 2. The third-order valence-corrected chi connectivity index (χ3v) is 7.92. The van der Waals surface area contributed by atoms with Gasteiger partial charge in [0.1, 0.15) is 4.83 Å². The molecule has 5 nitrogen and oxygen atoms in total. The molecule has 2 aromatic heterocycles. The molecule has 0 N–H and O–H groups in total. The third-order valence-electron chi connectivity index (χ3n) is 5.65. The van der Waals surface area contributed by atoms with E-state index in [9.17, 15) is 9.59 Å². The van der Waals surface area contributed by atoms with Crippen molar-refractivity contribution in [2.75, 3.05) is 13.1 Å². The molecule has 2 aromatic rings. The highest BCUT2D eigenvalue weighted by Gasteiger charge is 2.26. The maximum absolute atomic E-state index is 13.2. The number of likely N-dealkylation sites (tertiary alicyclic amines) is 1. The largest absolute Gasteiger partial charge is 0.342 e. The van der Waals surface area contributed by atoms with Crippen molar-refractivity contribution in [1.29, 1.82) is 0 Å². The number of piperidine rings is 1. The van der Waals surface area contributed by atoms with Crippen molar-refractivity contribution in [2.24, 2.45) is 0 Å². The van der Waals surface area contributed by atoms with Crippen molar-refractivity contribution in [2.45, 2.75) is 75.7 Å². The molecular weight excluding hydrogens is 378 g/mol. The van der Waals surface area contributed by atoms with E-state index in [-0.39, 0.29) is 16.7 Å². The maximum Gasteiger partial charge on any atom is 0.263 e. The molecule has 0 bridgehead atoms. The second kappa shape index (κ2) is 7.95. The van der Waals surface area contributed by atoms with E-state index in [0.29, 0.717) is 11.7 Å². The minimum absolute atomic E-state index is 0.0713. The van der Waals surface area contributed by atoms with Crippen molar-refractivity contribution >= 4 is 39.2 Å². The van der Waals surface area contributed by atoms with Crippen LogP contribution >= 0.6 is 23.1 Å². The molecule has 0 unspecified atom stereocenters. The Labute approximate surface area is 168 Å². The predicted molar refractivity (Wildman–Crippen MR) is 112 cm³/mol. The average Bonchev–Trinajstić information content (AvgIpc) is 3.06. The van der Waals surface area contributed by atoms with Gasteiger partial charge < -0.3 is 4.90 Å². The number of aryl methyl sites for hydroxylation is 2. The highest BCUT2D eigenvalue weighted by molar-refractivity contribution is 8.00. The third kappa shape index (κ3) is 3.56. The number of thioether (sulfide) groups is 1. The van der Waals surface area contributed by atoms with Crippen molar-refractivity contribution in [3.05, 3.63) is 20.8 Å². The molecule has 1 atom stereocenters. The van der Waals surface area contributed by atoms with Crippen LogP contribution < -0.4 is 5.56 Å². The summed E-state index contributed by atoms with van der Waals surface area (Å²) in [5.41, 5.74) is 1.30. The molecule has 0 radical (unpaired) electrons. The second-order valence-electron chi connectivity index (χ2n) is 7.48. The Balaban J connectivity index is 1.66. The van der Waals surface area contributed by atoms with Crippen molar-refractivity contribution in [3.8, 4) is 0 Å². The van der Waals surface area contributed by atoms with Crippen LogP contribution in [-0.4, -0.2) is 38.7 Å². The van der Waals surface area contributed by atoms with E-state index in [2.05, 4.69) is 0 Å². The normalized spacial score (nSPS) is 18.5. The SMILES string of the molecule is CCn1c(S[C@H](C)C(=O)N2CCCCC2)nc2sc3c(c2c1=O)CCCC3. The minimum atomic E-state index is -0.222. The first-order valence-corrected chi connectivity index (χ1v) is 11.8. The molecule has 0 saturated carbocycles. The smallest absolute Gasteiger partial charge is 0.263 e. The topological polar surface area (TPSA) is 55.2 Å². The lowest BCUT2D eigenvalue weighted by molar-refractivity contribution is -0.131. The zero-order valence-corrected chi connectivity index (χ0v) is 17.8. The van der Waals surface area contributed by atoms with E-state index in [1.54, 1.807) is 15.9 Å². The number of hydrogen-bond donors (Lipinski definition) is 0. The second-order valence-corrected chi connectivity index (χ2v) is 9.87. The highest BCUT2D eigenvalue weighted by atomic mass is 32.2. The fourth-order valence-electron chi connectivity index (χ4n) is 4.17. The molecule has 4 rings (SSSR count).